The van der Waals surface area contributed by atoms with Crippen LogP contribution < -0.4 is 15.8 Å². The minimum absolute atomic E-state index is 0.100. The number of carbonyl (C=O) groups is 2. The second-order valence-corrected chi connectivity index (χ2v) is 7.34. The van der Waals surface area contributed by atoms with E-state index in [1.807, 2.05) is 0 Å². The summed E-state index contributed by atoms with van der Waals surface area (Å²) in [6, 6.07) is 3.85. The number of hydrogen-bond donors (Lipinski definition) is 3. The Morgan fingerprint density at radius 3 is 2.17 bits per heavy atom. The zero-order valence-corrected chi connectivity index (χ0v) is 17.4. The van der Waals surface area contributed by atoms with Gasteiger partial charge in [-0.05, 0) is 23.6 Å². The molecule has 0 unspecified atom stereocenters. The van der Waals surface area contributed by atoms with Crippen molar-refractivity contribution >= 4 is 11.7 Å². The molecule has 1 rings (SSSR count). The number of amides is 1. The van der Waals surface area contributed by atoms with E-state index < -0.39 is 54.3 Å². The topological polar surface area (TPSA) is 111 Å². The molecule has 4 atom stereocenters. The minimum atomic E-state index is -4.87. The van der Waals surface area contributed by atoms with Gasteiger partial charge in [-0.25, -0.2) is 0 Å². The van der Waals surface area contributed by atoms with Crippen molar-refractivity contribution in [3.05, 3.63) is 29.8 Å². The van der Waals surface area contributed by atoms with E-state index in [4.69, 9.17) is 15.2 Å². The molecule has 1 aromatic rings. The van der Waals surface area contributed by atoms with Crippen molar-refractivity contribution in [3.63, 3.8) is 0 Å². The van der Waals surface area contributed by atoms with Gasteiger partial charge in [-0.2, -0.15) is 13.2 Å². The van der Waals surface area contributed by atoms with Crippen LogP contribution in [0.25, 0.3) is 0 Å². The van der Waals surface area contributed by atoms with Crippen molar-refractivity contribution in [1.29, 1.82) is 0 Å². The van der Waals surface area contributed by atoms with Crippen molar-refractivity contribution in [2.75, 3.05) is 20.8 Å². The van der Waals surface area contributed by atoms with Crippen LogP contribution >= 0.6 is 0 Å². The van der Waals surface area contributed by atoms with Gasteiger partial charge >= 0.3 is 6.18 Å². The van der Waals surface area contributed by atoms with Gasteiger partial charge in [0.15, 0.2) is 11.9 Å². The third-order valence-electron chi connectivity index (χ3n) is 4.77. The van der Waals surface area contributed by atoms with Gasteiger partial charge in [-0.15, -0.1) is 0 Å². The molecule has 0 fully saturated rings. The largest absolute Gasteiger partial charge is 0.497 e. The maximum absolute atomic E-state index is 13.0. The molecule has 0 bridgehead atoms. The fraction of sp³-hybridized carbons (Fsp3) is 0.600. The number of halogens is 3. The Hall–Kier alpha value is -2.17. The summed E-state index contributed by atoms with van der Waals surface area (Å²) < 4.78 is 49.0. The predicted octanol–water partition coefficient (Wildman–Crippen LogP) is 1.98. The van der Waals surface area contributed by atoms with Gasteiger partial charge in [0.2, 0.25) is 5.91 Å². The van der Waals surface area contributed by atoms with Crippen LogP contribution in [0.5, 0.6) is 5.75 Å². The molecule has 0 saturated heterocycles. The van der Waals surface area contributed by atoms with E-state index in [-0.39, 0.29) is 6.61 Å². The highest BCUT2D eigenvalue weighted by molar-refractivity contribution is 5.91. The molecular formula is C20H29F3N2O5. The lowest BCUT2D eigenvalue weighted by Crippen LogP contribution is -2.47. The predicted molar refractivity (Wildman–Crippen MR) is 104 cm³/mol. The van der Waals surface area contributed by atoms with Crippen molar-refractivity contribution < 1.29 is 37.3 Å². The molecule has 30 heavy (non-hydrogen) atoms. The number of nitrogens with one attached hydrogen (secondary N) is 1. The van der Waals surface area contributed by atoms with E-state index >= 15 is 0 Å². The number of ether oxygens (including phenoxy) is 2. The van der Waals surface area contributed by atoms with Crippen LogP contribution in [0.4, 0.5) is 13.2 Å². The molecule has 0 heterocycles. The molecule has 0 aliphatic carbocycles. The summed E-state index contributed by atoms with van der Waals surface area (Å²) in [5.41, 5.74) is 6.05. The number of ketones is 1. The smallest absolute Gasteiger partial charge is 0.414 e. The molecule has 0 saturated carbocycles. The number of aliphatic hydroxyl groups excluding tert-OH is 1. The van der Waals surface area contributed by atoms with Gasteiger partial charge in [0.1, 0.15) is 17.8 Å². The number of aliphatic hydroxyl groups is 1. The first-order chi connectivity index (χ1) is 13.9. The molecule has 1 amide bonds. The first-order valence-corrected chi connectivity index (χ1v) is 9.38. The molecule has 10 heteroatoms. The Kier molecular flexibility index (Phi) is 9.73. The van der Waals surface area contributed by atoms with Crippen LogP contribution in [0.3, 0.4) is 0 Å². The first kappa shape index (κ1) is 25.9. The van der Waals surface area contributed by atoms with Crippen molar-refractivity contribution in [1.82, 2.24) is 5.32 Å². The second-order valence-electron chi connectivity index (χ2n) is 7.34. The molecule has 0 aliphatic heterocycles. The quantitative estimate of drug-likeness (QED) is 0.491. The van der Waals surface area contributed by atoms with Crippen LogP contribution in [0, 0.1) is 11.8 Å². The first-order valence-electron chi connectivity index (χ1n) is 9.38. The average Bonchev–Trinajstić information content (AvgIpc) is 2.68. The fourth-order valence-corrected chi connectivity index (χ4v) is 2.96. The second kappa shape index (κ2) is 11.3. The highest BCUT2D eigenvalue weighted by Gasteiger charge is 2.45. The van der Waals surface area contributed by atoms with Gasteiger partial charge in [-0.1, -0.05) is 26.0 Å². The summed E-state index contributed by atoms with van der Waals surface area (Å²) in [7, 11) is 2.81. The zero-order chi connectivity index (χ0) is 23.1. The summed E-state index contributed by atoms with van der Waals surface area (Å²) >= 11 is 0. The lowest BCUT2D eigenvalue weighted by Gasteiger charge is -2.29. The number of alkyl halides is 3. The van der Waals surface area contributed by atoms with E-state index in [0.717, 1.165) is 0 Å². The number of Topliss-reactive ketones (excluding diaryl/α,β-unsaturated/α-hetero) is 1. The molecule has 0 aromatic heterocycles. The van der Waals surface area contributed by atoms with E-state index in [2.05, 4.69) is 5.32 Å². The van der Waals surface area contributed by atoms with Crippen molar-refractivity contribution in [3.8, 4) is 5.75 Å². The summed E-state index contributed by atoms with van der Waals surface area (Å²) in [5, 5.41) is 12.2. The summed E-state index contributed by atoms with van der Waals surface area (Å²) in [4.78, 5) is 25.3. The van der Waals surface area contributed by atoms with Crippen LogP contribution in [0.15, 0.2) is 24.3 Å². The molecule has 0 radical (unpaired) electrons. The number of nitrogens with two attached hydrogens (primary N) is 1. The maximum Gasteiger partial charge on any atom is 0.414 e. The van der Waals surface area contributed by atoms with Crippen LogP contribution in [-0.2, 0) is 14.3 Å². The molecule has 170 valence electrons. The van der Waals surface area contributed by atoms with Gasteiger partial charge in [0.05, 0.1) is 13.7 Å². The Labute approximate surface area is 173 Å². The molecular weight excluding hydrogens is 405 g/mol. The van der Waals surface area contributed by atoms with Gasteiger partial charge in [-0.3, -0.25) is 9.59 Å². The summed E-state index contributed by atoms with van der Waals surface area (Å²) in [5.74, 6) is -2.88. The van der Waals surface area contributed by atoms with E-state index in [1.54, 1.807) is 12.1 Å². The number of benzene rings is 1. The monoisotopic (exact) mass is 434 g/mol. The van der Waals surface area contributed by atoms with E-state index in [1.165, 1.54) is 40.2 Å². The number of methoxy groups -OCH3 is 2. The van der Waals surface area contributed by atoms with Gasteiger partial charge in [0.25, 0.3) is 0 Å². The maximum atomic E-state index is 13.0. The fourth-order valence-electron chi connectivity index (χ4n) is 2.96. The van der Waals surface area contributed by atoms with E-state index in [0.29, 0.717) is 11.3 Å². The van der Waals surface area contributed by atoms with Crippen LogP contribution in [0.2, 0.25) is 0 Å². The van der Waals surface area contributed by atoms with Crippen molar-refractivity contribution in [2.45, 2.75) is 44.6 Å². The molecule has 0 aliphatic rings. The highest BCUT2D eigenvalue weighted by atomic mass is 19.4. The summed E-state index contributed by atoms with van der Waals surface area (Å²) in [6.07, 6.45) is -8.12. The number of carbonyl (C=O) groups excluding carboxylic acids is 2. The number of rotatable bonds is 11. The average molecular weight is 434 g/mol. The van der Waals surface area contributed by atoms with Crippen LogP contribution in [0.1, 0.15) is 31.9 Å². The third kappa shape index (κ3) is 7.26. The molecule has 4 N–H and O–H groups in total. The molecule has 1 aromatic carbocycles. The van der Waals surface area contributed by atoms with Crippen LogP contribution in [-0.4, -0.2) is 55.9 Å². The molecule has 7 nitrogen and oxygen atoms in total. The SMILES string of the molecule is COC[C@H](N)C(=O)N[C@H](C(=O)C[C@@H](C(C)C)[C@H](O)C(F)(F)F)c1ccc(OC)cc1. The van der Waals surface area contributed by atoms with Gasteiger partial charge < -0.3 is 25.6 Å². The molecule has 0 spiro atoms. The summed E-state index contributed by atoms with van der Waals surface area (Å²) in [6.45, 7) is 2.88. The number of hydrogen-bond acceptors (Lipinski definition) is 6. The van der Waals surface area contributed by atoms with Crippen molar-refractivity contribution in [2.24, 2.45) is 17.6 Å². The van der Waals surface area contributed by atoms with E-state index in [9.17, 15) is 27.9 Å². The zero-order valence-electron chi connectivity index (χ0n) is 17.4. The Morgan fingerprint density at radius 1 is 1.17 bits per heavy atom. The third-order valence-corrected chi connectivity index (χ3v) is 4.77. The Bertz CT molecular complexity index is 695. The minimum Gasteiger partial charge on any atom is -0.497 e. The van der Waals surface area contributed by atoms with Gasteiger partial charge in [0, 0.05) is 19.4 Å². The standard InChI is InChI=1S/C20H29F3N2O5/c1-11(2)14(18(27)20(21,22)23)9-16(26)17(25-19(28)15(24)10-29-3)12-5-7-13(30-4)8-6-12/h5-8,11,14-15,17-18,27H,9-10,24H2,1-4H3,(H,25,28)/t14-,15-,17-,18-/m0/s1. The Morgan fingerprint density at radius 2 is 1.73 bits per heavy atom. The normalized spacial score (nSPS) is 15.9. The highest BCUT2D eigenvalue weighted by Crippen LogP contribution is 2.33. The lowest BCUT2D eigenvalue weighted by atomic mass is 9.83. The lowest BCUT2D eigenvalue weighted by molar-refractivity contribution is -0.224. The Balaban J connectivity index is 3.17.